The second-order valence-electron chi connectivity index (χ2n) is 5.57. The SMILES string of the molecule is Cc1csc(Cn2nnc(C(=O)OC(C)(C)C)c2C)n1. The number of hydrogen-bond donors (Lipinski definition) is 0. The largest absolute Gasteiger partial charge is 0.455 e. The van der Waals surface area contributed by atoms with Crippen molar-refractivity contribution in [2.45, 2.75) is 46.8 Å². The maximum atomic E-state index is 12.0. The van der Waals surface area contributed by atoms with Crippen molar-refractivity contribution in [3.8, 4) is 0 Å². The molecule has 0 unspecified atom stereocenters. The van der Waals surface area contributed by atoms with Gasteiger partial charge in [-0.15, -0.1) is 16.4 Å². The van der Waals surface area contributed by atoms with E-state index in [1.54, 1.807) is 22.9 Å². The first kappa shape index (κ1) is 14.6. The van der Waals surface area contributed by atoms with Crippen LogP contribution in [-0.4, -0.2) is 31.5 Å². The highest BCUT2D eigenvalue weighted by Gasteiger charge is 2.23. The molecule has 108 valence electrons. The first-order valence-electron chi connectivity index (χ1n) is 6.31. The topological polar surface area (TPSA) is 69.9 Å². The summed E-state index contributed by atoms with van der Waals surface area (Å²) < 4.78 is 6.97. The minimum absolute atomic E-state index is 0.258. The Morgan fingerprint density at radius 1 is 1.40 bits per heavy atom. The van der Waals surface area contributed by atoms with Crippen molar-refractivity contribution < 1.29 is 9.53 Å². The Morgan fingerprint density at radius 2 is 2.10 bits per heavy atom. The van der Waals surface area contributed by atoms with E-state index in [4.69, 9.17) is 4.74 Å². The summed E-state index contributed by atoms with van der Waals surface area (Å²) in [5.74, 6) is -0.448. The van der Waals surface area contributed by atoms with Crippen molar-refractivity contribution in [1.29, 1.82) is 0 Å². The molecular weight excluding hydrogens is 276 g/mol. The number of nitrogens with zero attached hydrogens (tertiary/aromatic N) is 4. The van der Waals surface area contributed by atoms with Crippen LogP contribution in [0.1, 0.15) is 47.7 Å². The van der Waals surface area contributed by atoms with Gasteiger partial charge in [-0.1, -0.05) is 5.21 Å². The third kappa shape index (κ3) is 3.41. The lowest BCUT2D eigenvalue weighted by molar-refractivity contribution is 0.00619. The second kappa shape index (κ2) is 5.32. The Balaban J connectivity index is 2.16. The van der Waals surface area contributed by atoms with Crippen molar-refractivity contribution in [3.05, 3.63) is 27.5 Å². The van der Waals surface area contributed by atoms with Crippen LogP contribution in [0.25, 0.3) is 0 Å². The maximum Gasteiger partial charge on any atom is 0.361 e. The van der Waals surface area contributed by atoms with Crippen molar-refractivity contribution in [2.24, 2.45) is 0 Å². The molecule has 0 radical (unpaired) electrons. The van der Waals surface area contributed by atoms with Crippen molar-refractivity contribution in [3.63, 3.8) is 0 Å². The van der Waals surface area contributed by atoms with Crippen LogP contribution in [-0.2, 0) is 11.3 Å². The summed E-state index contributed by atoms with van der Waals surface area (Å²) in [5, 5.41) is 10.8. The number of rotatable bonds is 3. The summed E-state index contributed by atoms with van der Waals surface area (Å²) in [7, 11) is 0. The van der Waals surface area contributed by atoms with Gasteiger partial charge in [-0.05, 0) is 34.6 Å². The van der Waals surface area contributed by atoms with Crippen LogP contribution in [0.2, 0.25) is 0 Å². The van der Waals surface area contributed by atoms with Crippen LogP contribution >= 0.6 is 11.3 Å². The fraction of sp³-hybridized carbons (Fsp3) is 0.538. The van der Waals surface area contributed by atoms with Crippen LogP contribution in [0.5, 0.6) is 0 Å². The normalized spacial score (nSPS) is 11.7. The predicted octanol–water partition coefficient (Wildman–Crippen LogP) is 2.36. The minimum atomic E-state index is -0.542. The van der Waals surface area contributed by atoms with Gasteiger partial charge >= 0.3 is 5.97 Å². The lowest BCUT2D eigenvalue weighted by Crippen LogP contribution is -2.24. The van der Waals surface area contributed by atoms with E-state index < -0.39 is 11.6 Å². The van der Waals surface area contributed by atoms with Crippen LogP contribution < -0.4 is 0 Å². The van der Waals surface area contributed by atoms with Crippen molar-refractivity contribution in [2.75, 3.05) is 0 Å². The molecule has 2 heterocycles. The quantitative estimate of drug-likeness (QED) is 0.813. The fourth-order valence-corrected chi connectivity index (χ4v) is 2.38. The lowest BCUT2D eigenvalue weighted by atomic mass is 10.2. The highest BCUT2D eigenvalue weighted by atomic mass is 32.1. The first-order valence-corrected chi connectivity index (χ1v) is 7.18. The van der Waals surface area contributed by atoms with Crippen LogP contribution in [0, 0.1) is 13.8 Å². The second-order valence-corrected chi connectivity index (χ2v) is 6.51. The molecule has 0 atom stereocenters. The number of carbonyl (C=O) groups is 1. The van der Waals surface area contributed by atoms with Gasteiger partial charge in [0.25, 0.3) is 0 Å². The highest BCUT2D eigenvalue weighted by molar-refractivity contribution is 7.09. The molecule has 20 heavy (non-hydrogen) atoms. The number of ether oxygens (including phenoxy) is 1. The summed E-state index contributed by atoms with van der Waals surface area (Å²) in [6.45, 7) is 9.73. The summed E-state index contributed by atoms with van der Waals surface area (Å²) in [6, 6.07) is 0. The van der Waals surface area contributed by atoms with E-state index in [0.29, 0.717) is 12.2 Å². The van der Waals surface area contributed by atoms with Gasteiger partial charge in [0, 0.05) is 11.1 Å². The van der Waals surface area contributed by atoms with Gasteiger partial charge in [-0.2, -0.15) is 0 Å². The molecule has 0 N–H and O–H groups in total. The standard InChI is InChI=1S/C13H18N4O2S/c1-8-7-20-10(14-8)6-17-9(2)11(15-16-17)12(18)19-13(3,4)5/h7H,6H2,1-5H3. The third-order valence-electron chi connectivity index (χ3n) is 2.53. The van der Waals surface area contributed by atoms with Gasteiger partial charge < -0.3 is 4.74 Å². The van der Waals surface area contributed by atoms with Crippen molar-refractivity contribution in [1.82, 2.24) is 20.0 Å². The minimum Gasteiger partial charge on any atom is -0.455 e. The number of carbonyl (C=O) groups excluding carboxylic acids is 1. The molecule has 0 aliphatic heterocycles. The van der Waals surface area contributed by atoms with E-state index in [1.807, 2.05) is 33.1 Å². The van der Waals surface area contributed by atoms with E-state index in [2.05, 4.69) is 15.3 Å². The average Bonchev–Trinajstić information content (AvgIpc) is 2.85. The zero-order chi connectivity index (χ0) is 14.9. The third-order valence-corrected chi connectivity index (χ3v) is 3.48. The van der Waals surface area contributed by atoms with Gasteiger partial charge in [0.05, 0.1) is 12.2 Å². The molecule has 6 nitrogen and oxygen atoms in total. The number of esters is 1. The molecule has 2 rings (SSSR count). The summed E-state index contributed by atoms with van der Waals surface area (Å²) in [6.07, 6.45) is 0. The molecule has 7 heteroatoms. The number of hydrogen-bond acceptors (Lipinski definition) is 6. The average molecular weight is 294 g/mol. The predicted molar refractivity (Wildman–Crippen MR) is 75.9 cm³/mol. The summed E-state index contributed by atoms with van der Waals surface area (Å²) in [5.41, 5.74) is 1.38. The fourth-order valence-electron chi connectivity index (χ4n) is 1.63. The maximum absolute atomic E-state index is 12.0. The summed E-state index contributed by atoms with van der Waals surface area (Å²) >= 11 is 1.56. The Hall–Kier alpha value is -1.76. The Morgan fingerprint density at radius 3 is 2.65 bits per heavy atom. The Kier molecular flexibility index (Phi) is 3.89. The molecule has 0 aliphatic rings. The molecular formula is C13H18N4O2S. The molecule has 0 saturated heterocycles. The number of aromatic nitrogens is 4. The van der Waals surface area contributed by atoms with E-state index >= 15 is 0 Å². The van der Waals surface area contributed by atoms with Gasteiger partial charge in [-0.25, -0.2) is 14.5 Å². The van der Waals surface area contributed by atoms with Gasteiger partial charge in [0.1, 0.15) is 10.6 Å². The molecule has 0 amide bonds. The van der Waals surface area contributed by atoms with E-state index in [-0.39, 0.29) is 5.69 Å². The van der Waals surface area contributed by atoms with E-state index in [0.717, 1.165) is 10.7 Å². The van der Waals surface area contributed by atoms with E-state index in [1.165, 1.54) is 0 Å². The highest BCUT2D eigenvalue weighted by Crippen LogP contribution is 2.15. The molecule has 0 saturated carbocycles. The molecule has 0 spiro atoms. The Labute approximate surface area is 121 Å². The molecule has 0 fully saturated rings. The molecule has 0 bridgehead atoms. The first-order chi connectivity index (χ1) is 9.26. The van der Waals surface area contributed by atoms with Crippen LogP contribution in [0.4, 0.5) is 0 Å². The summed E-state index contributed by atoms with van der Waals surface area (Å²) in [4.78, 5) is 16.4. The smallest absolute Gasteiger partial charge is 0.361 e. The van der Waals surface area contributed by atoms with Crippen LogP contribution in [0.15, 0.2) is 5.38 Å². The molecule has 0 aromatic carbocycles. The van der Waals surface area contributed by atoms with E-state index in [9.17, 15) is 4.79 Å². The number of thiazole rings is 1. The van der Waals surface area contributed by atoms with Crippen molar-refractivity contribution >= 4 is 17.3 Å². The molecule has 2 aromatic heterocycles. The van der Waals surface area contributed by atoms with Gasteiger partial charge in [-0.3, -0.25) is 0 Å². The lowest BCUT2D eigenvalue weighted by Gasteiger charge is -2.18. The van der Waals surface area contributed by atoms with Gasteiger partial charge in [0.15, 0.2) is 5.69 Å². The monoisotopic (exact) mass is 294 g/mol. The zero-order valence-electron chi connectivity index (χ0n) is 12.3. The Bertz CT molecular complexity index is 625. The van der Waals surface area contributed by atoms with Gasteiger partial charge in [0.2, 0.25) is 0 Å². The zero-order valence-corrected chi connectivity index (χ0v) is 13.1. The number of aryl methyl sites for hydroxylation is 1. The molecule has 0 aliphatic carbocycles. The molecule has 2 aromatic rings. The van der Waals surface area contributed by atoms with Crippen LogP contribution in [0.3, 0.4) is 0 Å².